The second-order valence-electron chi connectivity index (χ2n) is 3.71. The first kappa shape index (κ1) is 10.0. The quantitative estimate of drug-likeness (QED) is 0.625. The average molecular weight is 183 g/mol. The Bertz CT molecular complexity index is 225. The second-order valence-corrected chi connectivity index (χ2v) is 3.71. The smallest absolute Gasteiger partial charge is 0.332 e. The van der Waals surface area contributed by atoms with E-state index in [0.717, 1.165) is 18.6 Å². The number of hydrazone groups is 1. The number of hydrogen-bond donors (Lipinski definition) is 2. The molecule has 3 N–H and O–H groups in total. The van der Waals surface area contributed by atoms with E-state index in [2.05, 4.69) is 24.4 Å². The third-order valence-corrected chi connectivity index (χ3v) is 2.71. The first-order valence-corrected chi connectivity index (χ1v) is 4.74. The first-order chi connectivity index (χ1) is 6.13. The monoisotopic (exact) mass is 183 g/mol. The third-order valence-electron chi connectivity index (χ3n) is 2.71. The topological polar surface area (TPSA) is 67.5 Å². The Morgan fingerprint density at radius 2 is 2.38 bits per heavy atom. The van der Waals surface area contributed by atoms with Gasteiger partial charge in [0.1, 0.15) is 0 Å². The van der Waals surface area contributed by atoms with Gasteiger partial charge in [0.15, 0.2) is 0 Å². The lowest BCUT2D eigenvalue weighted by atomic mass is 9.96. The Balaban J connectivity index is 2.47. The summed E-state index contributed by atoms with van der Waals surface area (Å²) in [5.41, 5.74) is 8.26. The lowest BCUT2D eigenvalue weighted by Gasteiger charge is -2.09. The fourth-order valence-corrected chi connectivity index (χ4v) is 1.90. The third kappa shape index (κ3) is 2.72. The van der Waals surface area contributed by atoms with Gasteiger partial charge >= 0.3 is 6.03 Å². The Morgan fingerprint density at radius 1 is 1.69 bits per heavy atom. The van der Waals surface area contributed by atoms with E-state index in [4.69, 9.17) is 5.73 Å². The summed E-state index contributed by atoms with van der Waals surface area (Å²) in [4.78, 5) is 10.4. The highest BCUT2D eigenvalue weighted by Gasteiger charge is 2.26. The molecule has 4 heteroatoms. The maximum absolute atomic E-state index is 10.4. The Morgan fingerprint density at radius 3 is 2.85 bits per heavy atom. The number of urea groups is 1. The Kier molecular flexibility index (Phi) is 3.28. The minimum absolute atomic E-state index is 0.583. The van der Waals surface area contributed by atoms with Crippen LogP contribution in [0.2, 0.25) is 0 Å². The molecule has 74 valence electrons. The Labute approximate surface area is 78.6 Å². The summed E-state index contributed by atoms with van der Waals surface area (Å²) in [6, 6.07) is -0.583. The molecule has 0 aliphatic heterocycles. The highest BCUT2D eigenvalue weighted by molar-refractivity contribution is 5.88. The van der Waals surface area contributed by atoms with Gasteiger partial charge in [-0.3, -0.25) is 0 Å². The van der Waals surface area contributed by atoms with Gasteiger partial charge in [-0.15, -0.1) is 0 Å². The molecule has 0 aromatic rings. The van der Waals surface area contributed by atoms with E-state index in [1.54, 1.807) is 0 Å². The molecular formula is C9H17N3O. The number of hydrogen-bond acceptors (Lipinski definition) is 2. The highest BCUT2D eigenvalue weighted by atomic mass is 16.2. The number of carbonyl (C=O) groups is 1. The van der Waals surface area contributed by atoms with Crippen molar-refractivity contribution in [1.82, 2.24) is 5.43 Å². The van der Waals surface area contributed by atoms with Crippen LogP contribution in [-0.4, -0.2) is 11.7 Å². The molecular weight excluding hydrogens is 166 g/mol. The van der Waals surface area contributed by atoms with Crippen molar-refractivity contribution in [3.8, 4) is 0 Å². The zero-order valence-corrected chi connectivity index (χ0v) is 8.21. The SMILES string of the molecule is CCC1CC(=NNC(N)=O)CC1C. The zero-order chi connectivity index (χ0) is 9.84. The molecule has 0 bridgehead atoms. The number of primary amides is 1. The number of nitrogens with two attached hydrogens (primary N) is 1. The summed E-state index contributed by atoms with van der Waals surface area (Å²) in [5.74, 6) is 1.40. The van der Waals surface area contributed by atoms with E-state index in [-0.39, 0.29) is 0 Å². The maximum Gasteiger partial charge on any atom is 0.332 e. The number of amides is 2. The van der Waals surface area contributed by atoms with Gasteiger partial charge in [-0.2, -0.15) is 5.10 Å². The molecule has 2 amide bonds. The van der Waals surface area contributed by atoms with Crippen molar-refractivity contribution in [2.24, 2.45) is 22.7 Å². The van der Waals surface area contributed by atoms with Gasteiger partial charge in [0, 0.05) is 5.71 Å². The van der Waals surface area contributed by atoms with Crippen LogP contribution in [0.5, 0.6) is 0 Å². The lowest BCUT2D eigenvalue weighted by molar-refractivity contribution is 0.249. The fraction of sp³-hybridized carbons (Fsp3) is 0.778. The van der Waals surface area contributed by atoms with Gasteiger partial charge in [-0.25, -0.2) is 10.2 Å². The lowest BCUT2D eigenvalue weighted by Crippen LogP contribution is -2.25. The molecule has 4 nitrogen and oxygen atoms in total. The number of nitrogens with zero attached hydrogens (tertiary/aromatic N) is 1. The van der Waals surface area contributed by atoms with Crippen molar-refractivity contribution >= 4 is 11.7 Å². The van der Waals surface area contributed by atoms with E-state index < -0.39 is 6.03 Å². The number of carbonyl (C=O) groups excluding carboxylic acids is 1. The zero-order valence-electron chi connectivity index (χ0n) is 8.21. The van der Waals surface area contributed by atoms with E-state index in [9.17, 15) is 4.79 Å². The van der Waals surface area contributed by atoms with Crippen LogP contribution in [0, 0.1) is 11.8 Å². The van der Waals surface area contributed by atoms with Crippen LogP contribution in [0.25, 0.3) is 0 Å². The molecule has 0 radical (unpaired) electrons. The van der Waals surface area contributed by atoms with Gasteiger partial charge in [-0.1, -0.05) is 20.3 Å². The molecule has 1 fully saturated rings. The number of rotatable bonds is 2. The highest BCUT2D eigenvalue weighted by Crippen LogP contribution is 2.31. The van der Waals surface area contributed by atoms with Crippen LogP contribution in [0.1, 0.15) is 33.1 Å². The van der Waals surface area contributed by atoms with Crippen LogP contribution in [-0.2, 0) is 0 Å². The van der Waals surface area contributed by atoms with Crippen molar-refractivity contribution in [2.45, 2.75) is 33.1 Å². The van der Waals surface area contributed by atoms with Gasteiger partial charge < -0.3 is 5.73 Å². The van der Waals surface area contributed by atoms with Crippen LogP contribution >= 0.6 is 0 Å². The van der Waals surface area contributed by atoms with Crippen LogP contribution < -0.4 is 11.2 Å². The van der Waals surface area contributed by atoms with E-state index in [1.165, 1.54) is 6.42 Å². The van der Waals surface area contributed by atoms with Crippen molar-refractivity contribution in [2.75, 3.05) is 0 Å². The van der Waals surface area contributed by atoms with Crippen molar-refractivity contribution in [3.63, 3.8) is 0 Å². The van der Waals surface area contributed by atoms with Gasteiger partial charge in [0.25, 0.3) is 0 Å². The summed E-state index contributed by atoms with van der Waals surface area (Å²) in [7, 11) is 0. The maximum atomic E-state index is 10.4. The summed E-state index contributed by atoms with van der Waals surface area (Å²) in [6.07, 6.45) is 3.16. The first-order valence-electron chi connectivity index (χ1n) is 4.74. The molecule has 13 heavy (non-hydrogen) atoms. The fourth-order valence-electron chi connectivity index (χ4n) is 1.90. The van der Waals surface area contributed by atoms with Gasteiger partial charge in [0.2, 0.25) is 0 Å². The largest absolute Gasteiger partial charge is 0.350 e. The number of nitrogens with one attached hydrogen (secondary N) is 1. The average Bonchev–Trinajstić information content (AvgIpc) is 2.43. The van der Waals surface area contributed by atoms with E-state index in [1.807, 2.05) is 0 Å². The van der Waals surface area contributed by atoms with Crippen LogP contribution in [0.4, 0.5) is 4.79 Å². The van der Waals surface area contributed by atoms with Crippen LogP contribution in [0.3, 0.4) is 0 Å². The molecule has 2 atom stereocenters. The van der Waals surface area contributed by atoms with Crippen molar-refractivity contribution < 1.29 is 4.79 Å². The van der Waals surface area contributed by atoms with Crippen molar-refractivity contribution in [3.05, 3.63) is 0 Å². The van der Waals surface area contributed by atoms with E-state index in [0.29, 0.717) is 11.8 Å². The normalized spacial score (nSPS) is 30.8. The summed E-state index contributed by atoms with van der Waals surface area (Å²) in [5, 5.41) is 3.96. The Hall–Kier alpha value is -1.06. The molecule has 1 aliphatic rings. The molecule has 0 aromatic carbocycles. The molecule has 0 aromatic heterocycles. The summed E-state index contributed by atoms with van der Waals surface area (Å²) < 4.78 is 0. The molecule has 1 saturated carbocycles. The molecule has 1 rings (SSSR count). The minimum Gasteiger partial charge on any atom is -0.350 e. The van der Waals surface area contributed by atoms with E-state index >= 15 is 0 Å². The molecule has 0 saturated heterocycles. The predicted molar refractivity (Wildman–Crippen MR) is 52.3 cm³/mol. The van der Waals surface area contributed by atoms with Crippen LogP contribution in [0.15, 0.2) is 5.10 Å². The minimum atomic E-state index is -0.583. The molecule has 2 unspecified atom stereocenters. The van der Waals surface area contributed by atoms with Gasteiger partial charge in [0.05, 0.1) is 0 Å². The summed E-state index contributed by atoms with van der Waals surface area (Å²) >= 11 is 0. The molecule has 0 heterocycles. The van der Waals surface area contributed by atoms with Gasteiger partial charge in [-0.05, 0) is 24.7 Å². The molecule has 0 spiro atoms. The predicted octanol–water partition coefficient (Wildman–Crippen LogP) is 1.47. The standard InChI is InChI=1S/C9H17N3O/c1-3-7-5-8(4-6(7)2)11-12-9(10)13/h6-7H,3-5H2,1-2H3,(H3,10,12,13). The van der Waals surface area contributed by atoms with Crippen molar-refractivity contribution in [1.29, 1.82) is 0 Å². The summed E-state index contributed by atoms with van der Waals surface area (Å²) in [6.45, 7) is 4.41. The molecule has 1 aliphatic carbocycles. The second kappa shape index (κ2) is 4.25.